The van der Waals surface area contributed by atoms with Gasteiger partial charge in [0.15, 0.2) is 0 Å². The second-order valence-electron chi connectivity index (χ2n) is 5.21. The van der Waals surface area contributed by atoms with Gasteiger partial charge in [-0.2, -0.15) is 0 Å². The van der Waals surface area contributed by atoms with E-state index in [-0.39, 0.29) is 0 Å². The van der Waals surface area contributed by atoms with E-state index in [1.807, 2.05) is 0 Å². The van der Waals surface area contributed by atoms with Crippen LogP contribution in [0.1, 0.15) is 64.7 Å². The molecule has 0 aromatic heterocycles. The Hall–Kier alpha value is -0.570. The minimum absolute atomic E-state index is 0.432. The van der Waals surface area contributed by atoms with Gasteiger partial charge in [0.25, 0.3) is 0 Å². The third-order valence-electron chi connectivity index (χ3n) is 3.78. The number of nitrogens with zero attached hydrogens (tertiary/aromatic N) is 1. The first-order chi connectivity index (χ1) is 8.22. The minimum atomic E-state index is -0.933. The van der Waals surface area contributed by atoms with Gasteiger partial charge in [-0.1, -0.05) is 44.9 Å². The average Bonchev–Trinajstić information content (AvgIpc) is 2.29. The van der Waals surface area contributed by atoms with Gasteiger partial charge in [-0.05, 0) is 32.9 Å². The third-order valence-corrected chi connectivity index (χ3v) is 3.78. The first-order valence-corrected chi connectivity index (χ1v) is 7.16. The number of aliphatic carboxylic acids is 1. The van der Waals surface area contributed by atoms with Gasteiger partial charge >= 0.3 is 0 Å². The predicted molar refractivity (Wildman–Crippen MR) is 67.6 cm³/mol. The highest BCUT2D eigenvalue weighted by Crippen LogP contribution is 2.13. The molecule has 0 aromatic rings. The lowest BCUT2D eigenvalue weighted by atomic mass is 10.0. The van der Waals surface area contributed by atoms with Crippen LogP contribution < -0.4 is 5.11 Å². The van der Waals surface area contributed by atoms with E-state index in [9.17, 15) is 9.90 Å². The quantitative estimate of drug-likeness (QED) is 0.741. The van der Waals surface area contributed by atoms with Gasteiger partial charge in [0.05, 0.1) is 5.97 Å². The van der Waals surface area contributed by atoms with Gasteiger partial charge in [0.2, 0.25) is 0 Å². The second kappa shape index (κ2) is 8.51. The highest BCUT2D eigenvalue weighted by molar-refractivity contribution is 5.70. The first kappa shape index (κ1) is 14.5. The van der Waals surface area contributed by atoms with E-state index in [1.165, 1.54) is 44.9 Å². The molecule has 0 saturated carbocycles. The van der Waals surface area contributed by atoms with Crippen molar-refractivity contribution in [2.45, 2.75) is 70.8 Å². The molecule has 1 atom stereocenters. The molecule has 3 heteroatoms. The molecule has 1 aliphatic rings. The molecule has 0 bridgehead atoms. The Labute approximate surface area is 105 Å². The van der Waals surface area contributed by atoms with Crippen molar-refractivity contribution in [1.82, 2.24) is 4.90 Å². The summed E-state index contributed by atoms with van der Waals surface area (Å²) in [4.78, 5) is 13.0. The van der Waals surface area contributed by atoms with Gasteiger partial charge in [-0.25, -0.2) is 0 Å². The maximum Gasteiger partial charge on any atom is 0.0583 e. The average molecular weight is 240 g/mol. The molecule has 0 spiro atoms. The van der Waals surface area contributed by atoms with Crippen molar-refractivity contribution < 1.29 is 9.90 Å². The number of carbonyl (C=O) groups excluding carboxylic acids is 1. The standard InChI is InChI=1S/C14H27NO2/c1-13(14(16)17)15-11-9-7-5-3-2-4-6-8-10-12-15/h13H,2-12H2,1H3,(H,16,17)/p-1. The van der Waals surface area contributed by atoms with E-state index < -0.39 is 12.0 Å². The van der Waals surface area contributed by atoms with Crippen LogP contribution in [0.3, 0.4) is 0 Å². The molecule has 1 heterocycles. The Balaban J connectivity index is 2.39. The van der Waals surface area contributed by atoms with Crippen molar-refractivity contribution in [3.05, 3.63) is 0 Å². The van der Waals surface area contributed by atoms with Crippen LogP contribution in [0.4, 0.5) is 0 Å². The van der Waals surface area contributed by atoms with E-state index in [0.29, 0.717) is 0 Å². The van der Waals surface area contributed by atoms with Crippen molar-refractivity contribution >= 4 is 5.97 Å². The van der Waals surface area contributed by atoms with Crippen LogP contribution in [0.5, 0.6) is 0 Å². The van der Waals surface area contributed by atoms with Gasteiger partial charge in [0, 0.05) is 6.04 Å². The van der Waals surface area contributed by atoms with E-state index in [4.69, 9.17) is 0 Å². The minimum Gasteiger partial charge on any atom is -0.548 e. The Bertz CT molecular complexity index is 206. The lowest BCUT2D eigenvalue weighted by Gasteiger charge is -2.30. The SMILES string of the molecule is CC(C(=O)[O-])N1CCCCCCCCCCC1. The molecule has 0 aromatic carbocycles. The van der Waals surface area contributed by atoms with Crippen LogP contribution in [0.2, 0.25) is 0 Å². The Kier molecular flexibility index (Phi) is 7.25. The Morgan fingerprint density at radius 3 is 1.59 bits per heavy atom. The van der Waals surface area contributed by atoms with E-state index in [0.717, 1.165) is 25.9 Å². The third kappa shape index (κ3) is 6.06. The van der Waals surface area contributed by atoms with Gasteiger partial charge in [-0.15, -0.1) is 0 Å². The van der Waals surface area contributed by atoms with Gasteiger partial charge < -0.3 is 9.90 Å². The predicted octanol–water partition coefficient (Wildman–Crippen LogP) is 1.95. The molecule has 0 N–H and O–H groups in total. The maximum absolute atomic E-state index is 10.9. The fraction of sp³-hybridized carbons (Fsp3) is 0.929. The van der Waals surface area contributed by atoms with Crippen LogP contribution >= 0.6 is 0 Å². The molecule has 0 amide bonds. The largest absolute Gasteiger partial charge is 0.548 e. The number of carboxylic acids is 1. The molecule has 17 heavy (non-hydrogen) atoms. The first-order valence-electron chi connectivity index (χ1n) is 7.16. The zero-order chi connectivity index (χ0) is 12.5. The Morgan fingerprint density at radius 1 is 0.882 bits per heavy atom. The molecular formula is C14H26NO2-. The van der Waals surface area contributed by atoms with Gasteiger partial charge in [-0.3, -0.25) is 4.90 Å². The van der Waals surface area contributed by atoms with Crippen molar-refractivity contribution in [1.29, 1.82) is 0 Å². The molecular weight excluding hydrogens is 214 g/mol. The molecule has 0 aliphatic carbocycles. The fourth-order valence-electron chi connectivity index (χ4n) is 2.52. The monoisotopic (exact) mass is 240 g/mol. The van der Waals surface area contributed by atoms with Crippen LogP contribution in [0.15, 0.2) is 0 Å². The summed E-state index contributed by atoms with van der Waals surface area (Å²) in [6, 6.07) is -0.432. The fourth-order valence-corrected chi connectivity index (χ4v) is 2.52. The van der Waals surface area contributed by atoms with Crippen LogP contribution in [0, 0.1) is 0 Å². The molecule has 1 unspecified atom stereocenters. The number of hydrogen-bond donors (Lipinski definition) is 0. The lowest BCUT2D eigenvalue weighted by Crippen LogP contribution is -2.47. The zero-order valence-corrected chi connectivity index (χ0v) is 11.1. The maximum atomic E-state index is 10.9. The molecule has 100 valence electrons. The molecule has 0 radical (unpaired) electrons. The summed E-state index contributed by atoms with van der Waals surface area (Å²) >= 11 is 0. The van der Waals surface area contributed by atoms with Crippen molar-refractivity contribution in [3.8, 4) is 0 Å². The summed E-state index contributed by atoms with van der Waals surface area (Å²) in [5, 5.41) is 10.9. The number of hydrogen-bond acceptors (Lipinski definition) is 3. The highest BCUT2D eigenvalue weighted by atomic mass is 16.4. The zero-order valence-electron chi connectivity index (χ0n) is 11.1. The summed E-state index contributed by atoms with van der Waals surface area (Å²) in [6.07, 6.45) is 11.4. The summed E-state index contributed by atoms with van der Waals surface area (Å²) < 4.78 is 0. The normalized spacial score (nSPS) is 23.4. The lowest BCUT2D eigenvalue weighted by molar-refractivity contribution is -0.311. The van der Waals surface area contributed by atoms with Crippen molar-refractivity contribution in [2.24, 2.45) is 0 Å². The summed E-state index contributed by atoms with van der Waals surface area (Å²) in [6.45, 7) is 3.57. The molecule has 1 rings (SSSR count). The highest BCUT2D eigenvalue weighted by Gasteiger charge is 2.14. The molecule has 1 fully saturated rings. The molecule has 1 saturated heterocycles. The summed E-state index contributed by atoms with van der Waals surface area (Å²) in [5.74, 6) is -0.933. The molecule has 3 nitrogen and oxygen atoms in total. The van der Waals surface area contributed by atoms with Crippen LogP contribution in [-0.4, -0.2) is 30.0 Å². The molecule has 1 aliphatic heterocycles. The topological polar surface area (TPSA) is 43.4 Å². The van der Waals surface area contributed by atoms with Crippen molar-refractivity contribution in [3.63, 3.8) is 0 Å². The van der Waals surface area contributed by atoms with Crippen molar-refractivity contribution in [2.75, 3.05) is 13.1 Å². The summed E-state index contributed by atoms with van der Waals surface area (Å²) in [7, 11) is 0. The smallest absolute Gasteiger partial charge is 0.0583 e. The van der Waals surface area contributed by atoms with Gasteiger partial charge in [0.1, 0.15) is 0 Å². The van der Waals surface area contributed by atoms with E-state index >= 15 is 0 Å². The number of rotatable bonds is 2. The number of carboxylic acid groups (broad SMARTS) is 1. The second-order valence-corrected chi connectivity index (χ2v) is 5.21. The number of carbonyl (C=O) groups is 1. The summed E-state index contributed by atoms with van der Waals surface area (Å²) in [5.41, 5.74) is 0. The Morgan fingerprint density at radius 2 is 1.24 bits per heavy atom. The van der Waals surface area contributed by atoms with Crippen LogP contribution in [0.25, 0.3) is 0 Å². The van der Waals surface area contributed by atoms with Crippen LogP contribution in [-0.2, 0) is 4.79 Å². The van der Waals surface area contributed by atoms with E-state index in [1.54, 1.807) is 6.92 Å². The van der Waals surface area contributed by atoms with E-state index in [2.05, 4.69) is 4.90 Å².